The summed E-state index contributed by atoms with van der Waals surface area (Å²) in [5.41, 5.74) is 4.89. The van der Waals surface area contributed by atoms with Gasteiger partial charge in [-0.05, 0) is 50.1 Å². The lowest BCUT2D eigenvalue weighted by atomic mass is 10.1. The van der Waals surface area contributed by atoms with Crippen LogP contribution in [0, 0.1) is 20.8 Å². The van der Waals surface area contributed by atoms with Gasteiger partial charge in [0.2, 0.25) is 0 Å². The van der Waals surface area contributed by atoms with Gasteiger partial charge in [0.05, 0.1) is 0 Å². The second-order valence-corrected chi connectivity index (χ2v) is 6.07. The minimum absolute atomic E-state index is 0.458. The maximum Gasteiger partial charge on any atom is 0.131 e. The Balaban J connectivity index is 2.25. The lowest BCUT2D eigenvalue weighted by molar-refractivity contribution is 0.468. The Morgan fingerprint density at radius 3 is 2.19 bits per heavy atom. The third-order valence-electron chi connectivity index (χ3n) is 3.34. The molecule has 1 N–H and O–H groups in total. The first-order valence-corrected chi connectivity index (χ1v) is 7.53. The van der Waals surface area contributed by atoms with E-state index in [2.05, 4.69) is 76.3 Å². The molecule has 21 heavy (non-hydrogen) atoms. The summed E-state index contributed by atoms with van der Waals surface area (Å²) in [4.78, 5) is 0. The van der Waals surface area contributed by atoms with E-state index in [-0.39, 0.29) is 0 Å². The average molecular weight is 283 g/mol. The van der Waals surface area contributed by atoms with Gasteiger partial charge in [0.25, 0.3) is 0 Å². The lowest BCUT2D eigenvalue weighted by Gasteiger charge is -2.15. The molecule has 0 bridgehead atoms. The number of hydrogen-bond acceptors (Lipinski definition) is 2. The van der Waals surface area contributed by atoms with Crippen molar-refractivity contribution in [3.63, 3.8) is 0 Å². The van der Waals surface area contributed by atoms with E-state index in [0.29, 0.717) is 6.04 Å². The van der Waals surface area contributed by atoms with Gasteiger partial charge in [-0.25, -0.2) is 0 Å². The molecule has 0 saturated carbocycles. The molecule has 2 rings (SSSR count). The maximum atomic E-state index is 6.12. The Labute approximate surface area is 128 Å². The highest BCUT2D eigenvalue weighted by Crippen LogP contribution is 2.28. The molecule has 0 fully saturated rings. The second kappa shape index (κ2) is 6.77. The van der Waals surface area contributed by atoms with Gasteiger partial charge in [0.15, 0.2) is 0 Å². The number of aryl methyl sites for hydroxylation is 3. The molecule has 0 aliphatic rings. The fourth-order valence-corrected chi connectivity index (χ4v) is 2.38. The Hall–Kier alpha value is -1.80. The maximum absolute atomic E-state index is 6.12. The van der Waals surface area contributed by atoms with Gasteiger partial charge in [0, 0.05) is 18.2 Å². The van der Waals surface area contributed by atoms with Crippen LogP contribution in [-0.4, -0.2) is 6.04 Å². The highest BCUT2D eigenvalue weighted by atomic mass is 16.5. The summed E-state index contributed by atoms with van der Waals surface area (Å²) in [6, 6.07) is 13.1. The number of ether oxygens (including phenoxy) is 1. The predicted molar refractivity (Wildman–Crippen MR) is 89.1 cm³/mol. The van der Waals surface area contributed by atoms with Crippen molar-refractivity contribution >= 4 is 0 Å². The molecule has 0 atom stereocenters. The lowest BCUT2D eigenvalue weighted by Crippen LogP contribution is -2.22. The summed E-state index contributed by atoms with van der Waals surface area (Å²) >= 11 is 0. The van der Waals surface area contributed by atoms with E-state index in [9.17, 15) is 0 Å². The van der Waals surface area contributed by atoms with Crippen molar-refractivity contribution in [1.29, 1.82) is 0 Å². The molecule has 0 radical (unpaired) electrons. The topological polar surface area (TPSA) is 21.3 Å². The normalized spacial score (nSPS) is 11.0. The van der Waals surface area contributed by atoms with Gasteiger partial charge < -0.3 is 10.1 Å². The van der Waals surface area contributed by atoms with E-state index < -0.39 is 0 Å². The minimum Gasteiger partial charge on any atom is -0.457 e. The SMILES string of the molecule is Cc1cc(C)cc(Oc2ccc(C)cc2CNC(C)C)c1. The van der Waals surface area contributed by atoms with Crippen LogP contribution >= 0.6 is 0 Å². The van der Waals surface area contributed by atoms with Crippen LogP contribution in [0.4, 0.5) is 0 Å². The van der Waals surface area contributed by atoms with Crippen LogP contribution in [0.3, 0.4) is 0 Å². The molecular formula is C19H25NO. The van der Waals surface area contributed by atoms with Crippen molar-refractivity contribution in [2.24, 2.45) is 0 Å². The van der Waals surface area contributed by atoms with Crippen LogP contribution in [-0.2, 0) is 6.54 Å². The van der Waals surface area contributed by atoms with Crippen LogP contribution in [0.5, 0.6) is 11.5 Å². The smallest absolute Gasteiger partial charge is 0.131 e. The summed E-state index contributed by atoms with van der Waals surface area (Å²) in [6.07, 6.45) is 0. The first-order chi connectivity index (χ1) is 9.94. The summed E-state index contributed by atoms with van der Waals surface area (Å²) in [5, 5.41) is 3.46. The highest BCUT2D eigenvalue weighted by Gasteiger charge is 2.07. The standard InChI is InChI=1S/C19H25NO/c1-13(2)20-12-17-9-14(3)6-7-19(17)21-18-10-15(4)8-16(5)11-18/h6-11,13,20H,12H2,1-5H3. The number of nitrogens with one attached hydrogen (secondary N) is 1. The Morgan fingerprint density at radius 2 is 1.57 bits per heavy atom. The quantitative estimate of drug-likeness (QED) is 0.842. The number of benzene rings is 2. The van der Waals surface area contributed by atoms with Gasteiger partial charge in [-0.1, -0.05) is 37.6 Å². The van der Waals surface area contributed by atoms with E-state index in [4.69, 9.17) is 4.74 Å². The molecule has 0 aromatic heterocycles. The largest absolute Gasteiger partial charge is 0.457 e. The number of rotatable bonds is 5. The van der Waals surface area contributed by atoms with Crippen LogP contribution in [0.1, 0.15) is 36.1 Å². The Morgan fingerprint density at radius 1 is 0.905 bits per heavy atom. The van der Waals surface area contributed by atoms with Gasteiger partial charge in [-0.15, -0.1) is 0 Å². The third kappa shape index (κ3) is 4.61. The van der Waals surface area contributed by atoms with Crippen LogP contribution < -0.4 is 10.1 Å². The Bertz CT molecular complexity index is 597. The molecule has 0 heterocycles. The molecule has 0 saturated heterocycles. The van der Waals surface area contributed by atoms with Gasteiger partial charge >= 0.3 is 0 Å². The molecule has 0 spiro atoms. The average Bonchev–Trinajstić information content (AvgIpc) is 2.37. The Kier molecular flexibility index (Phi) is 5.03. The van der Waals surface area contributed by atoms with Crippen LogP contribution in [0.15, 0.2) is 36.4 Å². The van der Waals surface area contributed by atoms with E-state index >= 15 is 0 Å². The van der Waals surface area contributed by atoms with Crippen molar-refractivity contribution < 1.29 is 4.74 Å². The predicted octanol–water partition coefficient (Wildman–Crippen LogP) is 4.90. The molecule has 0 aliphatic heterocycles. The molecule has 2 aromatic rings. The second-order valence-electron chi connectivity index (χ2n) is 6.07. The molecule has 112 valence electrons. The molecule has 2 heteroatoms. The monoisotopic (exact) mass is 283 g/mol. The van der Waals surface area contributed by atoms with Gasteiger partial charge in [-0.2, -0.15) is 0 Å². The van der Waals surface area contributed by atoms with Crippen molar-refractivity contribution in [1.82, 2.24) is 5.32 Å². The molecule has 0 amide bonds. The van der Waals surface area contributed by atoms with E-state index in [0.717, 1.165) is 18.0 Å². The van der Waals surface area contributed by atoms with Crippen LogP contribution in [0.2, 0.25) is 0 Å². The first kappa shape index (κ1) is 15.6. The van der Waals surface area contributed by atoms with Crippen molar-refractivity contribution in [3.8, 4) is 11.5 Å². The first-order valence-electron chi connectivity index (χ1n) is 7.53. The molecule has 0 aliphatic carbocycles. The van der Waals surface area contributed by atoms with Crippen molar-refractivity contribution in [2.45, 2.75) is 47.2 Å². The molecule has 0 unspecified atom stereocenters. The molecule has 2 nitrogen and oxygen atoms in total. The third-order valence-corrected chi connectivity index (χ3v) is 3.34. The zero-order valence-electron chi connectivity index (χ0n) is 13.7. The highest BCUT2D eigenvalue weighted by molar-refractivity contribution is 5.42. The molecule has 2 aromatic carbocycles. The zero-order chi connectivity index (χ0) is 15.4. The van der Waals surface area contributed by atoms with E-state index in [1.54, 1.807) is 0 Å². The van der Waals surface area contributed by atoms with Gasteiger partial charge in [-0.3, -0.25) is 0 Å². The minimum atomic E-state index is 0.458. The fraction of sp³-hybridized carbons (Fsp3) is 0.368. The summed E-state index contributed by atoms with van der Waals surface area (Å²) in [7, 11) is 0. The van der Waals surface area contributed by atoms with Crippen molar-refractivity contribution in [3.05, 3.63) is 58.7 Å². The zero-order valence-corrected chi connectivity index (χ0v) is 13.7. The summed E-state index contributed by atoms with van der Waals surface area (Å²) in [6.45, 7) is 11.4. The summed E-state index contributed by atoms with van der Waals surface area (Å²) < 4.78 is 6.12. The van der Waals surface area contributed by atoms with E-state index in [1.807, 2.05) is 0 Å². The van der Waals surface area contributed by atoms with Crippen molar-refractivity contribution in [2.75, 3.05) is 0 Å². The van der Waals surface area contributed by atoms with Crippen LogP contribution in [0.25, 0.3) is 0 Å². The summed E-state index contributed by atoms with van der Waals surface area (Å²) in [5.74, 6) is 1.83. The fourth-order valence-electron chi connectivity index (χ4n) is 2.38. The van der Waals surface area contributed by atoms with E-state index in [1.165, 1.54) is 22.3 Å². The number of hydrogen-bond donors (Lipinski definition) is 1. The van der Waals surface area contributed by atoms with Gasteiger partial charge in [0.1, 0.15) is 11.5 Å². The molecular weight excluding hydrogens is 258 g/mol.